The van der Waals surface area contributed by atoms with E-state index in [1.807, 2.05) is 18.2 Å². The molecule has 0 unspecified atom stereocenters. The van der Waals surface area contributed by atoms with E-state index in [9.17, 15) is 13.2 Å². The van der Waals surface area contributed by atoms with E-state index in [0.29, 0.717) is 0 Å². The third kappa shape index (κ3) is 12.1. The van der Waals surface area contributed by atoms with Crippen LogP contribution < -0.4 is 0 Å². The molecule has 0 spiro atoms. The van der Waals surface area contributed by atoms with Gasteiger partial charge in [-0.05, 0) is 0 Å². The summed E-state index contributed by atoms with van der Waals surface area (Å²) >= 11 is 0. The molecule has 0 N–H and O–H groups in total. The Hall–Kier alpha value is 0.0619. The summed E-state index contributed by atoms with van der Waals surface area (Å²) in [5.41, 5.74) is 1.35. The zero-order chi connectivity index (χ0) is 9.40. The maximum absolute atomic E-state index is 9.58. The SMILES string of the molecule is CCc1c[c-]ccc1.F[C-](F)F.[U+2]. The van der Waals surface area contributed by atoms with Crippen molar-refractivity contribution in [3.05, 3.63) is 42.6 Å². The van der Waals surface area contributed by atoms with Crippen molar-refractivity contribution in [3.63, 3.8) is 0 Å². The second-order valence-corrected chi connectivity index (χ2v) is 1.98. The van der Waals surface area contributed by atoms with Gasteiger partial charge in [0.15, 0.2) is 6.68 Å². The Morgan fingerprint density at radius 1 is 1.38 bits per heavy atom. The fraction of sp³-hybridized carbons (Fsp3) is 0.222. The van der Waals surface area contributed by atoms with Gasteiger partial charge < -0.3 is 13.2 Å². The molecule has 0 nitrogen and oxygen atoms in total. The molecule has 1 aromatic rings. The Bertz CT molecular complexity index is 187. The number of halogens is 3. The minimum atomic E-state index is -3.08. The van der Waals surface area contributed by atoms with Gasteiger partial charge in [-0.2, -0.15) is 35.9 Å². The van der Waals surface area contributed by atoms with Gasteiger partial charge in [0.2, 0.25) is 0 Å². The summed E-state index contributed by atoms with van der Waals surface area (Å²) in [6, 6.07) is 11.1. The second-order valence-electron chi connectivity index (χ2n) is 1.98. The Balaban J connectivity index is 0. The molecule has 0 aliphatic heterocycles. The first-order valence-electron chi connectivity index (χ1n) is 3.45. The van der Waals surface area contributed by atoms with E-state index < -0.39 is 6.68 Å². The Kier molecular flexibility index (Phi) is 12.1. The molecule has 0 amide bonds. The Morgan fingerprint density at radius 3 is 2.15 bits per heavy atom. The van der Waals surface area contributed by atoms with Crippen molar-refractivity contribution in [2.45, 2.75) is 13.3 Å². The van der Waals surface area contributed by atoms with Crippen LogP contribution in [0.3, 0.4) is 0 Å². The van der Waals surface area contributed by atoms with Crippen LogP contribution in [-0.2, 0) is 6.42 Å². The molecule has 0 saturated carbocycles. The fourth-order valence-electron chi connectivity index (χ4n) is 0.650. The van der Waals surface area contributed by atoms with E-state index in [0.717, 1.165) is 6.42 Å². The van der Waals surface area contributed by atoms with Crippen LogP contribution >= 0.6 is 0 Å². The number of hydrogen-bond acceptors (Lipinski definition) is 0. The van der Waals surface area contributed by atoms with Crippen molar-refractivity contribution in [2.75, 3.05) is 0 Å². The van der Waals surface area contributed by atoms with Crippen LogP contribution in [0.1, 0.15) is 12.5 Å². The molecule has 0 bridgehead atoms. The molecule has 1 rings (SSSR count). The number of aryl methyl sites for hydroxylation is 1. The third-order valence-corrected chi connectivity index (χ3v) is 1.18. The van der Waals surface area contributed by atoms with Gasteiger partial charge in [-0.15, -0.1) is 0 Å². The quantitative estimate of drug-likeness (QED) is 0.621. The van der Waals surface area contributed by atoms with Crippen molar-refractivity contribution in [3.8, 4) is 0 Å². The van der Waals surface area contributed by atoms with Crippen molar-refractivity contribution in [2.24, 2.45) is 0 Å². The molecule has 0 radical (unpaired) electrons. The van der Waals surface area contributed by atoms with Crippen LogP contribution in [0.25, 0.3) is 0 Å². The van der Waals surface area contributed by atoms with Gasteiger partial charge in [-0.1, -0.05) is 13.3 Å². The molecule has 0 atom stereocenters. The topological polar surface area (TPSA) is 0 Å². The van der Waals surface area contributed by atoms with Crippen molar-refractivity contribution < 1.29 is 44.3 Å². The summed E-state index contributed by atoms with van der Waals surface area (Å²) in [6.45, 7) is -0.941. The van der Waals surface area contributed by atoms with Gasteiger partial charge in [0.05, 0.1) is 0 Å². The minimum absolute atomic E-state index is 0. The summed E-state index contributed by atoms with van der Waals surface area (Å²) in [7, 11) is 0. The van der Waals surface area contributed by atoms with E-state index in [2.05, 4.69) is 19.1 Å². The summed E-state index contributed by atoms with van der Waals surface area (Å²) in [5, 5.41) is 0. The molecule has 0 aliphatic rings. The number of rotatable bonds is 1. The molecular formula is C9H9F3U. The third-order valence-electron chi connectivity index (χ3n) is 1.18. The van der Waals surface area contributed by atoms with Gasteiger partial charge in [0.1, 0.15) is 0 Å². The molecule has 70 valence electrons. The molecule has 13 heavy (non-hydrogen) atoms. The zero-order valence-electron chi connectivity index (χ0n) is 7.15. The minimum Gasteiger partial charge on any atom is -0.385 e. The summed E-state index contributed by atoms with van der Waals surface area (Å²) in [6.07, 6.45) is 1.11. The van der Waals surface area contributed by atoms with Crippen LogP contribution in [0.2, 0.25) is 0 Å². The van der Waals surface area contributed by atoms with Crippen LogP contribution in [-0.4, -0.2) is 0 Å². The van der Waals surface area contributed by atoms with Gasteiger partial charge in [0.25, 0.3) is 0 Å². The molecule has 0 saturated heterocycles. The van der Waals surface area contributed by atoms with Crippen molar-refractivity contribution >= 4 is 0 Å². The molecule has 4 heteroatoms. The van der Waals surface area contributed by atoms with E-state index in [1.165, 1.54) is 5.56 Å². The van der Waals surface area contributed by atoms with Crippen LogP contribution in [0.5, 0.6) is 0 Å². The molecule has 1 aromatic carbocycles. The first-order valence-corrected chi connectivity index (χ1v) is 3.45. The molecule has 0 aliphatic carbocycles. The van der Waals surface area contributed by atoms with Crippen LogP contribution in [0, 0.1) is 43.9 Å². The molecule has 0 heterocycles. The van der Waals surface area contributed by atoms with Crippen molar-refractivity contribution in [1.29, 1.82) is 0 Å². The second kappa shape index (κ2) is 10.1. The van der Waals surface area contributed by atoms with E-state index in [1.54, 1.807) is 0 Å². The van der Waals surface area contributed by atoms with E-state index in [4.69, 9.17) is 0 Å². The van der Waals surface area contributed by atoms with Gasteiger partial charge in [0, 0.05) is 0 Å². The normalized spacial score (nSPS) is 8.38. The fourth-order valence-corrected chi connectivity index (χ4v) is 0.650. The first kappa shape index (κ1) is 15.5. The average Bonchev–Trinajstić information content (AvgIpc) is 2.05. The predicted molar refractivity (Wildman–Crippen MR) is 41.2 cm³/mol. The standard InChI is InChI=1S/C8H9.CF3.U/c1-2-8-6-4-3-5-7-8;2-1(3)4;/h3-4,6-7H,2H2,1H3;;/q2*-1;+2. The smallest absolute Gasteiger partial charge is 0.385 e. The Labute approximate surface area is 99.9 Å². The first-order chi connectivity index (χ1) is 5.66. The van der Waals surface area contributed by atoms with Gasteiger partial charge in [-0.25, -0.2) is 0 Å². The summed E-state index contributed by atoms with van der Waals surface area (Å²) in [5.74, 6) is 0. The summed E-state index contributed by atoms with van der Waals surface area (Å²) in [4.78, 5) is 0. The van der Waals surface area contributed by atoms with Crippen molar-refractivity contribution in [1.82, 2.24) is 0 Å². The predicted octanol–water partition coefficient (Wildman–Crippen LogP) is 3.39. The Morgan fingerprint density at radius 2 is 1.92 bits per heavy atom. The van der Waals surface area contributed by atoms with Gasteiger partial charge >= 0.3 is 31.1 Å². The maximum Gasteiger partial charge on any atom is 2.00 e. The average molecular weight is 412 g/mol. The van der Waals surface area contributed by atoms with Gasteiger partial charge in [-0.3, -0.25) is 0 Å². The molecule has 0 fully saturated rings. The van der Waals surface area contributed by atoms with E-state index in [-0.39, 0.29) is 31.1 Å². The monoisotopic (exact) mass is 412 g/mol. The molecular weight excluding hydrogens is 403 g/mol. The zero-order valence-corrected chi connectivity index (χ0v) is 11.3. The van der Waals surface area contributed by atoms with E-state index >= 15 is 0 Å². The van der Waals surface area contributed by atoms with Crippen LogP contribution in [0.4, 0.5) is 13.2 Å². The number of benzene rings is 1. The largest absolute Gasteiger partial charge is 2.00 e. The number of hydrogen-bond donors (Lipinski definition) is 0. The molecule has 0 aromatic heterocycles. The maximum atomic E-state index is 9.58. The van der Waals surface area contributed by atoms with Crippen LogP contribution in [0.15, 0.2) is 24.3 Å². The summed E-state index contributed by atoms with van der Waals surface area (Å²) < 4.78 is 28.8.